The largest absolute Gasteiger partial charge is 0.481 e. The lowest BCUT2D eigenvalue weighted by Crippen LogP contribution is -2.58. The summed E-state index contributed by atoms with van der Waals surface area (Å²) in [5.74, 6) is -4.98. The van der Waals surface area contributed by atoms with Crippen molar-refractivity contribution in [2.75, 3.05) is 6.54 Å². The second-order valence-corrected chi connectivity index (χ2v) is 6.68. The zero-order chi connectivity index (χ0) is 21.6. The molecule has 0 saturated carbocycles. The average Bonchev–Trinajstić information content (AvgIpc) is 3.08. The first-order valence-electron chi connectivity index (χ1n) is 8.75. The number of likely N-dealkylation sites (tertiary alicyclic amines) is 1. The molecule has 28 heavy (non-hydrogen) atoms. The van der Waals surface area contributed by atoms with Crippen molar-refractivity contribution in [3.8, 4) is 0 Å². The number of carbonyl (C=O) groups is 5. The smallest absolute Gasteiger partial charge is 0.325 e. The zero-order valence-electron chi connectivity index (χ0n) is 15.6. The van der Waals surface area contributed by atoms with Crippen molar-refractivity contribution in [3.05, 3.63) is 0 Å². The van der Waals surface area contributed by atoms with E-state index in [1.165, 1.54) is 13.8 Å². The van der Waals surface area contributed by atoms with E-state index in [1.807, 2.05) is 0 Å². The minimum Gasteiger partial charge on any atom is -0.481 e. The number of amides is 3. The van der Waals surface area contributed by atoms with Crippen LogP contribution in [0.1, 0.15) is 33.1 Å². The summed E-state index contributed by atoms with van der Waals surface area (Å²) in [7, 11) is 0. The topological polar surface area (TPSA) is 199 Å². The molecule has 0 spiro atoms. The number of aliphatic carboxylic acids is 2. The van der Waals surface area contributed by atoms with E-state index in [0.29, 0.717) is 6.42 Å². The third-order valence-electron chi connectivity index (χ3n) is 4.38. The molecule has 5 unspecified atom stereocenters. The summed E-state index contributed by atoms with van der Waals surface area (Å²) in [6.07, 6.45) is -1.24. The molecule has 1 aliphatic rings. The number of nitrogens with two attached hydrogens (primary N) is 1. The highest BCUT2D eigenvalue weighted by atomic mass is 16.4. The predicted molar refractivity (Wildman–Crippen MR) is 93.8 cm³/mol. The Balaban J connectivity index is 2.93. The molecular weight excluding hydrogens is 376 g/mol. The Hall–Kier alpha value is -2.73. The number of hydrogen-bond donors (Lipinski definition) is 6. The van der Waals surface area contributed by atoms with E-state index in [2.05, 4.69) is 10.6 Å². The first kappa shape index (κ1) is 23.3. The summed E-state index contributed by atoms with van der Waals surface area (Å²) in [5, 5.41) is 31.8. The van der Waals surface area contributed by atoms with E-state index in [0.717, 1.165) is 4.90 Å². The highest BCUT2D eigenvalue weighted by Crippen LogP contribution is 2.19. The third-order valence-corrected chi connectivity index (χ3v) is 4.38. The Kier molecular flexibility index (Phi) is 8.32. The molecule has 1 fully saturated rings. The van der Waals surface area contributed by atoms with Crippen LogP contribution in [0.15, 0.2) is 0 Å². The lowest BCUT2D eigenvalue weighted by atomic mass is 10.1. The Morgan fingerprint density at radius 3 is 2.25 bits per heavy atom. The van der Waals surface area contributed by atoms with Crippen molar-refractivity contribution >= 4 is 29.7 Å². The van der Waals surface area contributed by atoms with E-state index >= 15 is 0 Å². The van der Waals surface area contributed by atoms with Gasteiger partial charge in [-0.2, -0.15) is 0 Å². The lowest BCUT2D eigenvalue weighted by Gasteiger charge is -2.29. The molecule has 0 aromatic carbocycles. The van der Waals surface area contributed by atoms with Crippen molar-refractivity contribution in [3.63, 3.8) is 0 Å². The standard InChI is InChI=1S/C16H26N4O8/c1-7(16(27)28)18-13(24)10-4-3-5-20(10)15(26)9(6-11(22)23)19-14(25)12(17)8(2)21/h7-10,12,21H,3-6,17H2,1-2H3,(H,18,24)(H,19,25)(H,22,23)(H,27,28). The van der Waals surface area contributed by atoms with Gasteiger partial charge < -0.3 is 36.6 Å². The van der Waals surface area contributed by atoms with E-state index < -0.39 is 66.4 Å². The highest BCUT2D eigenvalue weighted by molar-refractivity contribution is 5.96. The molecule has 0 radical (unpaired) electrons. The van der Waals surface area contributed by atoms with Crippen LogP contribution >= 0.6 is 0 Å². The Labute approximate surface area is 161 Å². The summed E-state index contributed by atoms with van der Waals surface area (Å²) in [6, 6.07) is -4.99. The molecule has 5 atom stereocenters. The summed E-state index contributed by atoms with van der Waals surface area (Å²) >= 11 is 0. The number of carbonyl (C=O) groups excluding carboxylic acids is 3. The SMILES string of the molecule is CC(NC(=O)C1CCCN1C(=O)C(CC(=O)O)NC(=O)C(N)C(C)O)C(=O)O. The van der Waals surface area contributed by atoms with Crippen LogP contribution in [-0.4, -0.2) is 86.7 Å². The zero-order valence-corrected chi connectivity index (χ0v) is 15.6. The van der Waals surface area contributed by atoms with Crippen molar-refractivity contribution < 1.29 is 39.3 Å². The second kappa shape index (κ2) is 9.99. The second-order valence-electron chi connectivity index (χ2n) is 6.68. The van der Waals surface area contributed by atoms with E-state index in [9.17, 15) is 29.1 Å². The van der Waals surface area contributed by atoms with Crippen molar-refractivity contribution in [2.45, 2.75) is 63.4 Å². The summed E-state index contributed by atoms with van der Waals surface area (Å²) < 4.78 is 0. The van der Waals surface area contributed by atoms with Crippen LogP contribution in [0.25, 0.3) is 0 Å². The van der Waals surface area contributed by atoms with Gasteiger partial charge in [-0.15, -0.1) is 0 Å². The van der Waals surface area contributed by atoms with Crippen LogP contribution in [0.3, 0.4) is 0 Å². The molecule has 1 rings (SSSR count). The molecule has 0 aliphatic carbocycles. The van der Waals surface area contributed by atoms with Gasteiger partial charge in [-0.25, -0.2) is 0 Å². The van der Waals surface area contributed by atoms with Crippen LogP contribution in [0.4, 0.5) is 0 Å². The number of aliphatic hydroxyl groups is 1. The molecule has 0 aromatic heterocycles. The van der Waals surface area contributed by atoms with Gasteiger partial charge in [-0.3, -0.25) is 24.0 Å². The molecule has 3 amide bonds. The van der Waals surface area contributed by atoms with E-state index in [4.69, 9.17) is 15.9 Å². The van der Waals surface area contributed by atoms with Crippen LogP contribution in [-0.2, 0) is 24.0 Å². The van der Waals surface area contributed by atoms with Crippen LogP contribution < -0.4 is 16.4 Å². The molecular formula is C16H26N4O8. The van der Waals surface area contributed by atoms with Crippen LogP contribution in [0.5, 0.6) is 0 Å². The predicted octanol–water partition coefficient (Wildman–Crippen LogP) is -2.77. The summed E-state index contributed by atoms with van der Waals surface area (Å²) in [6.45, 7) is 2.68. The molecule has 1 heterocycles. The number of nitrogens with one attached hydrogen (secondary N) is 2. The average molecular weight is 402 g/mol. The quantitative estimate of drug-likeness (QED) is 0.236. The number of hydrogen-bond acceptors (Lipinski definition) is 7. The van der Waals surface area contributed by atoms with Gasteiger partial charge in [0.1, 0.15) is 24.2 Å². The highest BCUT2D eigenvalue weighted by Gasteiger charge is 2.39. The summed E-state index contributed by atoms with van der Waals surface area (Å²) in [5.41, 5.74) is 5.50. The normalized spacial score (nSPS) is 20.6. The number of carboxylic acids is 2. The fourth-order valence-corrected chi connectivity index (χ4v) is 2.74. The third kappa shape index (κ3) is 6.16. The maximum atomic E-state index is 12.8. The fourth-order valence-electron chi connectivity index (χ4n) is 2.74. The molecule has 1 aliphatic heterocycles. The Bertz CT molecular complexity index is 638. The number of aliphatic hydroxyl groups excluding tert-OH is 1. The van der Waals surface area contributed by atoms with Gasteiger partial charge in [0.2, 0.25) is 17.7 Å². The maximum absolute atomic E-state index is 12.8. The minimum atomic E-state index is -1.49. The molecule has 12 heteroatoms. The van der Waals surface area contributed by atoms with Crippen molar-refractivity contribution in [1.82, 2.24) is 15.5 Å². The first-order valence-corrected chi connectivity index (χ1v) is 8.75. The van der Waals surface area contributed by atoms with Gasteiger partial charge >= 0.3 is 11.9 Å². The van der Waals surface area contributed by atoms with E-state index in [1.54, 1.807) is 0 Å². The summed E-state index contributed by atoms with van der Waals surface area (Å²) in [4.78, 5) is 60.2. The van der Waals surface area contributed by atoms with Gasteiger partial charge in [-0.05, 0) is 26.7 Å². The lowest BCUT2D eigenvalue weighted by molar-refractivity contribution is -0.147. The Morgan fingerprint density at radius 2 is 1.75 bits per heavy atom. The molecule has 7 N–H and O–H groups in total. The number of nitrogens with zero attached hydrogens (tertiary/aromatic N) is 1. The van der Waals surface area contributed by atoms with Crippen LogP contribution in [0.2, 0.25) is 0 Å². The number of carboxylic acid groups (broad SMARTS) is 2. The molecule has 1 saturated heterocycles. The van der Waals surface area contributed by atoms with E-state index in [-0.39, 0.29) is 13.0 Å². The number of rotatable bonds is 9. The van der Waals surface area contributed by atoms with Crippen molar-refractivity contribution in [1.29, 1.82) is 0 Å². The minimum absolute atomic E-state index is 0.146. The van der Waals surface area contributed by atoms with Crippen molar-refractivity contribution in [2.24, 2.45) is 5.73 Å². The van der Waals surface area contributed by atoms with Gasteiger partial charge in [0, 0.05) is 6.54 Å². The van der Waals surface area contributed by atoms with Gasteiger partial charge in [0.15, 0.2) is 0 Å². The Morgan fingerprint density at radius 1 is 1.14 bits per heavy atom. The fraction of sp³-hybridized carbons (Fsp3) is 0.688. The van der Waals surface area contributed by atoms with Gasteiger partial charge in [-0.1, -0.05) is 0 Å². The molecule has 158 valence electrons. The maximum Gasteiger partial charge on any atom is 0.325 e. The first-order chi connectivity index (χ1) is 13.0. The van der Waals surface area contributed by atoms with Gasteiger partial charge in [0.25, 0.3) is 0 Å². The molecule has 0 aromatic rings. The monoisotopic (exact) mass is 402 g/mol. The molecule has 0 bridgehead atoms. The van der Waals surface area contributed by atoms with Gasteiger partial charge in [0.05, 0.1) is 12.5 Å². The molecule has 12 nitrogen and oxygen atoms in total. The van der Waals surface area contributed by atoms with Crippen LogP contribution in [0, 0.1) is 0 Å².